The summed E-state index contributed by atoms with van der Waals surface area (Å²) in [7, 11) is 0. The van der Waals surface area contributed by atoms with Crippen molar-refractivity contribution in [1.29, 1.82) is 0 Å². The summed E-state index contributed by atoms with van der Waals surface area (Å²) < 4.78 is 0. The van der Waals surface area contributed by atoms with Crippen LogP contribution in [0.2, 0.25) is 0 Å². The molecule has 0 radical (unpaired) electrons. The molecule has 1 nitrogen and oxygen atoms in total. The Bertz CT molecular complexity index is 165. The van der Waals surface area contributed by atoms with Gasteiger partial charge in [0, 0.05) is 0 Å². The molecule has 9 heavy (non-hydrogen) atoms. The van der Waals surface area contributed by atoms with E-state index in [0.29, 0.717) is 0 Å². The molecule has 0 aliphatic carbocycles. The number of aryl methyl sites for hydroxylation is 2. The maximum absolute atomic E-state index is 3.82. The maximum Gasteiger partial charge on any atom is 0 e. The molecule has 0 aliphatic rings. The van der Waals surface area contributed by atoms with Gasteiger partial charge in [0.2, 0.25) is 0 Å². The Kier molecular flexibility index (Phi) is 1.95. The zero-order valence-electron chi connectivity index (χ0n) is 5.81. The molecule has 0 bridgehead atoms. The van der Waals surface area contributed by atoms with E-state index in [1.54, 1.807) is 0 Å². The molecular formula is C7H8NRf-. The molecule has 0 atom stereocenters. The summed E-state index contributed by atoms with van der Waals surface area (Å²) in [6.45, 7) is 4.09. The van der Waals surface area contributed by atoms with Gasteiger partial charge in [0.15, 0.2) is 0 Å². The van der Waals surface area contributed by atoms with Gasteiger partial charge in [-0.3, -0.25) is 0 Å². The van der Waals surface area contributed by atoms with Gasteiger partial charge in [-0.15, -0.1) is 5.56 Å². The second kappa shape index (κ2) is 2.46. The summed E-state index contributed by atoms with van der Waals surface area (Å²) in [5.41, 5.74) is 2.48. The molecule has 0 spiro atoms. The van der Waals surface area contributed by atoms with Gasteiger partial charge < -0.3 is 4.98 Å². The summed E-state index contributed by atoms with van der Waals surface area (Å²) in [5.74, 6) is 0. The van der Waals surface area contributed by atoms with E-state index in [4.69, 9.17) is 0 Å². The Hall–Kier alpha value is -1.85. The Labute approximate surface area is 49.4 Å². The molecule has 0 N–H and O–H groups in total. The van der Waals surface area contributed by atoms with Crippen molar-refractivity contribution in [2.24, 2.45) is 0 Å². The van der Waals surface area contributed by atoms with Crippen molar-refractivity contribution in [3.63, 3.8) is 0 Å². The van der Waals surface area contributed by atoms with E-state index in [9.17, 15) is 0 Å². The second-order valence-electron chi connectivity index (χ2n) is 1.90. The van der Waals surface area contributed by atoms with Crippen LogP contribution in [0.3, 0.4) is 0 Å². The number of nitrogens with zero attached hydrogens (tertiary/aromatic N) is 1. The van der Waals surface area contributed by atoms with Crippen LogP contribution in [0.4, 0.5) is 0 Å². The van der Waals surface area contributed by atoms with Crippen molar-refractivity contribution in [3.8, 4) is 0 Å². The molecular weight excluding hydrogens is 365 g/mol. The third-order valence-corrected chi connectivity index (χ3v) is 1.24. The second-order valence-corrected chi connectivity index (χ2v) is 1.90. The van der Waals surface area contributed by atoms with Crippen molar-refractivity contribution >= 4 is 0 Å². The normalized spacial score (nSPS) is 8.22. The Morgan fingerprint density at radius 2 is 2.00 bits per heavy atom. The summed E-state index contributed by atoms with van der Waals surface area (Å²) in [5, 5.41) is 0. The Morgan fingerprint density at radius 1 is 1.33 bits per heavy atom. The molecule has 44 valence electrons. The van der Waals surface area contributed by atoms with Gasteiger partial charge in [-0.05, 0) is 0 Å². The van der Waals surface area contributed by atoms with Crippen molar-refractivity contribution in [3.05, 3.63) is 29.6 Å². The van der Waals surface area contributed by atoms with Gasteiger partial charge in [0.05, 0.1) is 0 Å². The van der Waals surface area contributed by atoms with Crippen molar-refractivity contribution < 1.29 is 0 Å². The minimum atomic E-state index is 0. The molecule has 1 heterocycles. The quantitative estimate of drug-likeness (QED) is 0.629. The monoisotopic (exact) mass is 373 g/mol. The SMILES string of the molecule is Cc1c[c-]ncc1C.[Rf]. The molecule has 1 aromatic heterocycles. The van der Waals surface area contributed by atoms with E-state index in [2.05, 4.69) is 11.2 Å². The molecule has 2 heteroatoms. The van der Waals surface area contributed by atoms with Gasteiger partial charge >= 0.3 is 0 Å². The first-order valence-electron chi connectivity index (χ1n) is 2.60. The zero-order chi connectivity index (χ0) is 5.98. The number of rotatable bonds is 0. The standard InChI is InChI=1S/C7H8N.Rf/c1-6-3-4-8-5-7(6)2;/h3,5H,1-2H3;/q-1;. The van der Waals surface area contributed by atoms with E-state index in [-0.39, 0.29) is 0 Å². The first kappa shape index (κ1) is 7.15. The molecule has 0 unspecified atom stereocenters. The van der Waals surface area contributed by atoms with Gasteiger partial charge in [0.1, 0.15) is 0 Å². The van der Waals surface area contributed by atoms with E-state index in [0.717, 1.165) is 0 Å². The minimum absolute atomic E-state index is 0. The largest absolute Gasteiger partial charge is 0.394 e. The molecule has 0 fully saturated rings. The fourth-order valence-electron chi connectivity index (χ4n) is 0.484. The smallest absolute Gasteiger partial charge is 0 e. The van der Waals surface area contributed by atoms with Crippen LogP contribution in [0.5, 0.6) is 0 Å². The summed E-state index contributed by atoms with van der Waals surface area (Å²) in [6.07, 6.45) is 4.57. The van der Waals surface area contributed by atoms with Crippen LogP contribution in [-0.2, 0) is 0 Å². The predicted molar refractivity (Wildman–Crippen MR) is 32.5 cm³/mol. The van der Waals surface area contributed by atoms with Gasteiger partial charge in [-0.25, -0.2) is 0 Å². The predicted octanol–water partition coefficient (Wildman–Crippen LogP) is 1.50. The molecule has 0 aromatic carbocycles. The average molecular weight is 373 g/mol. The third kappa shape index (κ3) is 1.27. The fraction of sp³-hybridized carbons (Fsp3) is 0.286. The number of hydrogen-bond donors (Lipinski definition) is 0. The molecule has 0 amide bonds. The van der Waals surface area contributed by atoms with Crippen LogP contribution in [0.25, 0.3) is 0 Å². The first-order chi connectivity index (χ1) is 3.80. The molecule has 0 saturated heterocycles. The van der Waals surface area contributed by atoms with Crippen LogP contribution < -0.4 is 0 Å². The maximum atomic E-state index is 3.82. The number of pyridine rings is 1. The van der Waals surface area contributed by atoms with Crippen molar-refractivity contribution in [1.82, 2.24) is 4.98 Å². The van der Waals surface area contributed by atoms with Crippen LogP contribution in [0.15, 0.2) is 12.3 Å². The van der Waals surface area contributed by atoms with Crippen LogP contribution in [0.1, 0.15) is 11.1 Å². The van der Waals surface area contributed by atoms with E-state index in [1.807, 2.05) is 26.1 Å². The van der Waals surface area contributed by atoms with Crippen LogP contribution in [0, 0.1) is 20.0 Å². The van der Waals surface area contributed by atoms with Gasteiger partial charge in [-0.2, -0.15) is 11.6 Å². The van der Waals surface area contributed by atoms with E-state index >= 15 is 0 Å². The van der Waals surface area contributed by atoms with E-state index in [1.165, 1.54) is 11.1 Å². The minimum Gasteiger partial charge on any atom is -0.394 e. The zero-order valence-corrected chi connectivity index (χ0v) is 12.2. The third-order valence-electron chi connectivity index (χ3n) is 1.24. The van der Waals surface area contributed by atoms with Gasteiger partial charge in [-0.1, -0.05) is 26.2 Å². The number of aromatic nitrogens is 1. The van der Waals surface area contributed by atoms with Crippen LogP contribution in [-0.4, -0.2) is 4.98 Å². The summed E-state index contributed by atoms with van der Waals surface area (Å²) in [6, 6.07) is 1.88. The van der Waals surface area contributed by atoms with E-state index < -0.39 is 0 Å². The Balaban J connectivity index is 0.000000640. The summed E-state index contributed by atoms with van der Waals surface area (Å²) >= 11 is 0. The number of hydrogen-bond acceptors (Lipinski definition) is 1. The van der Waals surface area contributed by atoms with Crippen molar-refractivity contribution in [2.75, 3.05) is 0 Å². The molecule has 0 saturated carbocycles. The molecule has 0 aliphatic heterocycles. The first-order valence-corrected chi connectivity index (χ1v) is 2.60. The molecule has 1 rings (SSSR count). The summed E-state index contributed by atoms with van der Waals surface area (Å²) in [4.78, 5) is 3.82. The fourth-order valence-corrected chi connectivity index (χ4v) is 0.484. The Morgan fingerprint density at radius 3 is 2.33 bits per heavy atom. The topological polar surface area (TPSA) is 12.9 Å². The van der Waals surface area contributed by atoms with Gasteiger partial charge in [0.25, 0.3) is 0 Å². The van der Waals surface area contributed by atoms with Crippen LogP contribution >= 0.6 is 0 Å². The van der Waals surface area contributed by atoms with Crippen molar-refractivity contribution in [2.45, 2.75) is 13.8 Å². The average Bonchev–Trinajstić information content (AvgIpc) is 1.77. The molecule has 1 aromatic rings.